The van der Waals surface area contributed by atoms with Gasteiger partial charge in [0, 0.05) is 10.7 Å². The molecule has 0 bridgehead atoms. The number of benzene rings is 3. The lowest BCUT2D eigenvalue weighted by Crippen LogP contribution is -2.26. The fourth-order valence-electron chi connectivity index (χ4n) is 3.13. The van der Waals surface area contributed by atoms with Gasteiger partial charge in [-0.1, -0.05) is 59.3 Å². The van der Waals surface area contributed by atoms with E-state index < -0.39 is 5.25 Å². The summed E-state index contributed by atoms with van der Waals surface area (Å²) in [5.41, 5.74) is 2.82. The van der Waals surface area contributed by atoms with E-state index in [1.165, 1.54) is 16.3 Å². The molecule has 31 heavy (non-hydrogen) atoms. The van der Waals surface area contributed by atoms with Crippen molar-refractivity contribution >= 4 is 45.9 Å². The van der Waals surface area contributed by atoms with Gasteiger partial charge in [-0.15, -0.1) is 0 Å². The van der Waals surface area contributed by atoms with E-state index >= 15 is 0 Å². The number of aryl methyl sites for hydroxylation is 1. The van der Waals surface area contributed by atoms with E-state index in [2.05, 4.69) is 10.3 Å². The third kappa shape index (κ3) is 4.65. The van der Waals surface area contributed by atoms with Crippen molar-refractivity contribution in [3.05, 3.63) is 93.7 Å². The summed E-state index contributed by atoms with van der Waals surface area (Å²) in [5.74, 6) is -0.172. The van der Waals surface area contributed by atoms with E-state index in [0.717, 1.165) is 11.3 Å². The number of carbonyl (C=O) groups is 1. The Hall–Kier alpha value is -3.09. The monoisotopic (exact) mass is 449 g/mol. The van der Waals surface area contributed by atoms with Gasteiger partial charge >= 0.3 is 0 Å². The first kappa shape index (κ1) is 21.2. The third-order valence-corrected chi connectivity index (χ3v) is 6.07. The van der Waals surface area contributed by atoms with E-state index in [9.17, 15) is 9.59 Å². The normalized spacial score (nSPS) is 12.0. The Balaban J connectivity index is 1.72. The van der Waals surface area contributed by atoms with Crippen LogP contribution in [0.3, 0.4) is 0 Å². The van der Waals surface area contributed by atoms with Crippen LogP contribution in [0.2, 0.25) is 5.02 Å². The summed E-state index contributed by atoms with van der Waals surface area (Å²) in [6.07, 6.45) is 0. The van der Waals surface area contributed by atoms with Crippen molar-refractivity contribution < 1.29 is 4.79 Å². The Morgan fingerprint density at radius 2 is 1.81 bits per heavy atom. The first-order chi connectivity index (χ1) is 14.9. The van der Waals surface area contributed by atoms with Crippen molar-refractivity contribution in [3.63, 3.8) is 0 Å². The van der Waals surface area contributed by atoms with E-state index in [4.69, 9.17) is 11.6 Å². The molecule has 0 saturated carbocycles. The van der Waals surface area contributed by atoms with Crippen LogP contribution in [0, 0.1) is 6.92 Å². The van der Waals surface area contributed by atoms with Crippen LogP contribution in [-0.2, 0) is 4.79 Å². The molecule has 4 aromatic rings. The minimum Gasteiger partial charge on any atom is -0.325 e. The molecule has 0 spiro atoms. The molecule has 3 aromatic carbocycles. The van der Waals surface area contributed by atoms with E-state index in [1.807, 2.05) is 37.3 Å². The number of carbonyl (C=O) groups excluding carboxylic acids is 1. The van der Waals surface area contributed by atoms with Gasteiger partial charge in [0.2, 0.25) is 5.91 Å². The maximum atomic E-state index is 13.3. The average molecular weight is 450 g/mol. The van der Waals surface area contributed by atoms with Gasteiger partial charge in [-0.2, -0.15) is 0 Å². The van der Waals surface area contributed by atoms with Gasteiger partial charge in [-0.25, -0.2) is 4.98 Å². The molecule has 4 rings (SSSR count). The zero-order chi connectivity index (χ0) is 22.0. The van der Waals surface area contributed by atoms with Gasteiger partial charge in [-0.3, -0.25) is 14.2 Å². The maximum absolute atomic E-state index is 13.3. The van der Waals surface area contributed by atoms with Gasteiger partial charge in [0.25, 0.3) is 5.56 Å². The molecule has 5 nitrogen and oxygen atoms in total. The molecule has 1 amide bonds. The molecule has 1 atom stereocenters. The summed E-state index contributed by atoms with van der Waals surface area (Å²) >= 11 is 7.40. The molecule has 1 aromatic heterocycles. The number of nitrogens with zero attached hydrogens (tertiary/aromatic N) is 2. The SMILES string of the molecule is Cc1ccc(NC(=O)C(C)Sc2nc3ccccc3c(=O)n2-c2cccc(Cl)c2)cc1. The highest BCUT2D eigenvalue weighted by Gasteiger charge is 2.20. The zero-order valence-electron chi connectivity index (χ0n) is 17.0. The van der Waals surface area contributed by atoms with Crippen molar-refractivity contribution in [2.75, 3.05) is 5.32 Å². The second-order valence-electron chi connectivity index (χ2n) is 7.15. The lowest BCUT2D eigenvalue weighted by Gasteiger charge is -2.16. The number of halogens is 1. The molecular weight excluding hydrogens is 430 g/mol. The number of thioether (sulfide) groups is 1. The molecular formula is C24H20ClN3O2S. The number of hydrogen-bond acceptors (Lipinski definition) is 4. The van der Waals surface area contributed by atoms with Crippen molar-refractivity contribution in [3.8, 4) is 5.69 Å². The van der Waals surface area contributed by atoms with Crippen LogP contribution in [0.25, 0.3) is 16.6 Å². The van der Waals surface area contributed by atoms with Crippen molar-refractivity contribution in [1.29, 1.82) is 0 Å². The second kappa shape index (κ2) is 8.96. The number of amides is 1. The smallest absolute Gasteiger partial charge is 0.266 e. The molecule has 0 aliphatic heterocycles. The standard InChI is InChI=1S/C24H20ClN3O2S/c1-15-10-12-18(13-11-15)26-22(29)16(2)31-24-27-21-9-4-3-8-20(21)23(30)28(24)19-7-5-6-17(25)14-19/h3-14,16H,1-2H3,(H,26,29). The summed E-state index contributed by atoms with van der Waals surface area (Å²) in [4.78, 5) is 30.8. The van der Waals surface area contributed by atoms with Crippen molar-refractivity contribution in [1.82, 2.24) is 9.55 Å². The highest BCUT2D eigenvalue weighted by Crippen LogP contribution is 2.27. The van der Waals surface area contributed by atoms with Crippen molar-refractivity contribution in [2.24, 2.45) is 0 Å². The summed E-state index contributed by atoms with van der Waals surface area (Å²) < 4.78 is 1.51. The first-order valence-corrected chi connectivity index (χ1v) is 11.0. The van der Waals surface area contributed by atoms with Gasteiger partial charge in [0.15, 0.2) is 5.16 Å². The predicted octanol–water partition coefficient (Wildman–Crippen LogP) is 5.47. The topological polar surface area (TPSA) is 64.0 Å². The lowest BCUT2D eigenvalue weighted by atomic mass is 10.2. The van der Waals surface area contributed by atoms with Gasteiger partial charge < -0.3 is 5.32 Å². The Bertz CT molecular complexity index is 1320. The second-order valence-corrected chi connectivity index (χ2v) is 8.89. The summed E-state index contributed by atoms with van der Waals surface area (Å²) in [5, 5.41) is 3.87. The number of nitrogens with one attached hydrogen (secondary N) is 1. The number of aromatic nitrogens is 2. The third-order valence-electron chi connectivity index (χ3n) is 4.78. The lowest BCUT2D eigenvalue weighted by molar-refractivity contribution is -0.115. The quantitative estimate of drug-likeness (QED) is 0.324. The Morgan fingerprint density at radius 1 is 1.06 bits per heavy atom. The molecule has 0 saturated heterocycles. The molecule has 1 unspecified atom stereocenters. The summed E-state index contributed by atoms with van der Waals surface area (Å²) in [7, 11) is 0. The Labute approximate surface area is 189 Å². The first-order valence-electron chi connectivity index (χ1n) is 9.74. The predicted molar refractivity (Wildman–Crippen MR) is 127 cm³/mol. The largest absolute Gasteiger partial charge is 0.325 e. The van der Waals surface area contributed by atoms with E-state index in [0.29, 0.717) is 26.8 Å². The fourth-order valence-corrected chi connectivity index (χ4v) is 4.24. The highest BCUT2D eigenvalue weighted by atomic mass is 35.5. The molecule has 1 N–H and O–H groups in total. The van der Waals surface area contributed by atoms with Crippen LogP contribution in [0.15, 0.2) is 82.7 Å². The van der Waals surface area contributed by atoms with Crippen LogP contribution in [0.1, 0.15) is 12.5 Å². The number of fused-ring (bicyclic) bond motifs is 1. The summed E-state index contributed by atoms with van der Waals surface area (Å²) in [6.45, 7) is 3.78. The molecule has 0 radical (unpaired) electrons. The molecule has 0 aliphatic carbocycles. The maximum Gasteiger partial charge on any atom is 0.266 e. The van der Waals surface area contributed by atoms with E-state index in [1.54, 1.807) is 49.4 Å². The molecule has 156 valence electrons. The van der Waals surface area contributed by atoms with Gasteiger partial charge in [0.1, 0.15) is 0 Å². The molecule has 0 aliphatic rings. The number of hydrogen-bond donors (Lipinski definition) is 1. The van der Waals surface area contributed by atoms with Crippen LogP contribution < -0.4 is 10.9 Å². The number of rotatable bonds is 5. The van der Waals surface area contributed by atoms with Crippen LogP contribution in [0.5, 0.6) is 0 Å². The van der Waals surface area contributed by atoms with E-state index in [-0.39, 0.29) is 11.5 Å². The minimum atomic E-state index is -0.486. The molecule has 1 heterocycles. The highest BCUT2D eigenvalue weighted by molar-refractivity contribution is 8.00. The number of para-hydroxylation sites is 1. The average Bonchev–Trinajstić information content (AvgIpc) is 2.75. The van der Waals surface area contributed by atoms with Gasteiger partial charge in [0.05, 0.1) is 21.8 Å². The Kier molecular flexibility index (Phi) is 6.11. The minimum absolute atomic E-state index is 0.172. The van der Waals surface area contributed by atoms with Crippen LogP contribution >= 0.6 is 23.4 Å². The van der Waals surface area contributed by atoms with Crippen LogP contribution in [-0.4, -0.2) is 20.7 Å². The molecule has 0 fully saturated rings. The zero-order valence-corrected chi connectivity index (χ0v) is 18.6. The van der Waals surface area contributed by atoms with Crippen LogP contribution in [0.4, 0.5) is 5.69 Å². The number of anilines is 1. The molecule has 7 heteroatoms. The van der Waals surface area contributed by atoms with Gasteiger partial charge in [-0.05, 0) is 56.3 Å². The fraction of sp³-hybridized carbons (Fsp3) is 0.125. The summed E-state index contributed by atoms with van der Waals surface area (Å²) in [6, 6.07) is 21.8. The van der Waals surface area contributed by atoms with Crippen molar-refractivity contribution in [2.45, 2.75) is 24.3 Å². The Morgan fingerprint density at radius 3 is 2.55 bits per heavy atom.